The minimum Gasteiger partial charge on any atom is -0.493 e. The van der Waals surface area contributed by atoms with Gasteiger partial charge in [0.15, 0.2) is 17.2 Å². The van der Waals surface area contributed by atoms with Crippen LogP contribution in [0.3, 0.4) is 0 Å². The van der Waals surface area contributed by atoms with Crippen molar-refractivity contribution in [1.82, 2.24) is 10.3 Å². The van der Waals surface area contributed by atoms with E-state index in [1.54, 1.807) is 32.4 Å². The van der Waals surface area contributed by atoms with Crippen LogP contribution in [-0.2, 0) is 20.7 Å². The number of aromatic amines is 1. The van der Waals surface area contributed by atoms with Gasteiger partial charge < -0.3 is 29.2 Å². The second-order valence-corrected chi connectivity index (χ2v) is 9.80. The molecule has 0 radical (unpaired) electrons. The van der Waals surface area contributed by atoms with Crippen LogP contribution >= 0.6 is 0 Å². The summed E-state index contributed by atoms with van der Waals surface area (Å²) in [6, 6.07) is 12.4. The summed E-state index contributed by atoms with van der Waals surface area (Å²) in [5, 5.41) is 4.07. The van der Waals surface area contributed by atoms with E-state index in [0.717, 1.165) is 43.2 Å². The van der Waals surface area contributed by atoms with Gasteiger partial charge in [0, 0.05) is 23.6 Å². The Morgan fingerprint density at radius 3 is 2.34 bits per heavy atom. The van der Waals surface area contributed by atoms with Gasteiger partial charge in [-0.25, -0.2) is 0 Å². The van der Waals surface area contributed by atoms with Crippen LogP contribution in [0.1, 0.15) is 42.9 Å². The number of hydrogen-bond acceptors (Lipinski definition) is 8. The van der Waals surface area contributed by atoms with E-state index in [-0.39, 0.29) is 29.3 Å². The maximum absolute atomic E-state index is 12.7. The first-order valence-electron chi connectivity index (χ1n) is 13.0. The fourth-order valence-electron chi connectivity index (χ4n) is 4.40. The van der Waals surface area contributed by atoms with Gasteiger partial charge in [-0.3, -0.25) is 14.4 Å². The number of benzene rings is 2. The summed E-state index contributed by atoms with van der Waals surface area (Å²) in [5.74, 6) is 0.982. The zero-order valence-electron chi connectivity index (χ0n) is 21.6. The first-order valence-corrected chi connectivity index (χ1v) is 13.0. The van der Waals surface area contributed by atoms with Crippen LogP contribution in [-0.4, -0.2) is 44.2 Å². The lowest BCUT2D eigenvalue weighted by Crippen LogP contribution is -2.27. The van der Waals surface area contributed by atoms with Crippen molar-refractivity contribution in [2.24, 2.45) is 11.8 Å². The molecule has 9 heteroatoms. The number of esters is 2. The van der Waals surface area contributed by atoms with Gasteiger partial charge >= 0.3 is 11.9 Å². The number of carbonyl (C=O) groups is 2. The Morgan fingerprint density at radius 2 is 1.63 bits per heavy atom. The third kappa shape index (κ3) is 5.99. The normalized spacial score (nSPS) is 15.6. The number of pyridine rings is 1. The van der Waals surface area contributed by atoms with E-state index in [4.69, 9.17) is 18.9 Å². The van der Waals surface area contributed by atoms with Crippen molar-refractivity contribution in [1.29, 1.82) is 0 Å². The van der Waals surface area contributed by atoms with Crippen LogP contribution < -0.4 is 25.1 Å². The van der Waals surface area contributed by atoms with E-state index in [1.807, 2.05) is 18.2 Å². The van der Waals surface area contributed by atoms with Crippen LogP contribution in [0.15, 0.2) is 47.3 Å². The second kappa shape index (κ2) is 11.3. The fraction of sp³-hybridized carbons (Fsp3) is 0.414. The van der Waals surface area contributed by atoms with Crippen molar-refractivity contribution in [3.63, 3.8) is 0 Å². The minimum absolute atomic E-state index is 0.0610. The van der Waals surface area contributed by atoms with E-state index in [9.17, 15) is 14.4 Å². The zero-order valence-corrected chi connectivity index (χ0v) is 21.6. The lowest BCUT2D eigenvalue weighted by molar-refractivity contribution is -0.150. The molecule has 2 aliphatic rings. The van der Waals surface area contributed by atoms with Crippen molar-refractivity contribution in [3.8, 4) is 17.2 Å². The number of methoxy groups -OCH3 is 2. The molecule has 200 valence electrons. The number of H-pyrrole nitrogens is 1. The van der Waals surface area contributed by atoms with E-state index in [2.05, 4.69) is 10.3 Å². The van der Waals surface area contributed by atoms with Crippen molar-refractivity contribution >= 4 is 22.8 Å². The first kappa shape index (κ1) is 25.8. The molecule has 3 aromatic rings. The number of fused-ring (bicyclic) bond motifs is 1. The first-order chi connectivity index (χ1) is 18.5. The van der Waals surface area contributed by atoms with E-state index in [0.29, 0.717) is 41.2 Å². The predicted octanol–water partition coefficient (Wildman–Crippen LogP) is 3.69. The van der Waals surface area contributed by atoms with Gasteiger partial charge in [0.2, 0.25) is 5.56 Å². The lowest BCUT2D eigenvalue weighted by atomic mass is 10.0. The van der Waals surface area contributed by atoms with Gasteiger partial charge in [0.25, 0.3) is 0 Å². The Morgan fingerprint density at radius 1 is 0.921 bits per heavy atom. The van der Waals surface area contributed by atoms with E-state index < -0.39 is 6.10 Å². The molecule has 5 rings (SSSR count). The molecular formula is C29H32N2O7. The highest BCUT2D eigenvalue weighted by Crippen LogP contribution is 2.37. The molecular weight excluding hydrogens is 488 g/mol. The maximum Gasteiger partial charge on any atom is 0.314 e. The number of ether oxygens (including phenoxy) is 4. The third-order valence-corrected chi connectivity index (χ3v) is 6.90. The van der Waals surface area contributed by atoms with Gasteiger partial charge in [-0.2, -0.15) is 0 Å². The quantitative estimate of drug-likeness (QED) is 0.211. The molecule has 1 heterocycles. The molecule has 1 atom stereocenters. The summed E-state index contributed by atoms with van der Waals surface area (Å²) < 4.78 is 22.2. The van der Waals surface area contributed by atoms with Crippen molar-refractivity contribution in [2.75, 3.05) is 27.3 Å². The molecule has 38 heavy (non-hydrogen) atoms. The summed E-state index contributed by atoms with van der Waals surface area (Å²) in [4.78, 5) is 39.9. The van der Waals surface area contributed by atoms with Gasteiger partial charge in [-0.05, 0) is 68.5 Å². The molecule has 0 saturated heterocycles. The van der Waals surface area contributed by atoms with Gasteiger partial charge in [0.05, 0.1) is 31.6 Å². The zero-order chi connectivity index (χ0) is 26.6. The summed E-state index contributed by atoms with van der Waals surface area (Å²) in [6.45, 7) is 1.01. The SMILES string of the molecule is COc1ccc(CCNCC(OC(=O)C2CC2)c2ccc(OC(=O)C3CC3)c3[nH]c(=O)ccc23)cc1OC. The topological polar surface area (TPSA) is 116 Å². The Kier molecular flexibility index (Phi) is 7.64. The molecule has 2 fully saturated rings. The van der Waals surface area contributed by atoms with Crippen LogP contribution in [0, 0.1) is 11.8 Å². The Hall–Kier alpha value is -3.85. The Balaban J connectivity index is 1.35. The maximum atomic E-state index is 12.7. The molecule has 2 aromatic carbocycles. The molecule has 2 saturated carbocycles. The number of hydrogen-bond donors (Lipinski definition) is 2. The number of aromatic nitrogens is 1. The number of rotatable bonds is 12. The highest BCUT2D eigenvalue weighted by atomic mass is 16.5. The average molecular weight is 521 g/mol. The largest absolute Gasteiger partial charge is 0.493 e. The third-order valence-electron chi connectivity index (χ3n) is 6.90. The molecule has 0 aliphatic heterocycles. The van der Waals surface area contributed by atoms with Crippen LogP contribution in [0.4, 0.5) is 0 Å². The molecule has 0 bridgehead atoms. The molecule has 0 spiro atoms. The average Bonchev–Trinajstić information content (AvgIpc) is 3.83. The Labute approximate surface area is 220 Å². The Bertz CT molecular complexity index is 1390. The molecule has 2 N–H and O–H groups in total. The smallest absolute Gasteiger partial charge is 0.314 e. The van der Waals surface area contributed by atoms with E-state index in [1.165, 1.54) is 6.07 Å². The second-order valence-electron chi connectivity index (χ2n) is 9.80. The van der Waals surface area contributed by atoms with Crippen molar-refractivity contribution < 1.29 is 28.5 Å². The van der Waals surface area contributed by atoms with Crippen LogP contribution in [0.25, 0.3) is 10.9 Å². The summed E-state index contributed by atoms with van der Waals surface area (Å²) in [6.07, 6.45) is 3.45. The highest BCUT2D eigenvalue weighted by Gasteiger charge is 2.34. The molecule has 1 aromatic heterocycles. The summed E-state index contributed by atoms with van der Waals surface area (Å²) in [5.41, 5.74) is 1.92. The molecule has 2 aliphatic carbocycles. The van der Waals surface area contributed by atoms with Gasteiger partial charge in [0.1, 0.15) is 6.10 Å². The monoisotopic (exact) mass is 520 g/mol. The van der Waals surface area contributed by atoms with Crippen molar-refractivity contribution in [2.45, 2.75) is 38.2 Å². The van der Waals surface area contributed by atoms with Gasteiger partial charge in [-0.1, -0.05) is 12.1 Å². The predicted molar refractivity (Wildman–Crippen MR) is 141 cm³/mol. The molecule has 9 nitrogen and oxygen atoms in total. The van der Waals surface area contributed by atoms with Crippen LogP contribution in [0.5, 0.6) is 17.2 Å². The fourth-order valence-corrected chi connectivity index (χ4v) is 4.40. The summed E-state index contributed by atoms with van der Waals surface area (Å²) in [7, 11) is 3.21. The lowest BCUT2D eigenvalue weighted by Gasteiger charge is -2.21. The van der Waals surface area contributed by atoms with Gasteiger partial charge in [-0.15, -0.1) is 0 Å². The number of nitrogens with one attached hydrogen (secondary N) is 2. The number of carbonyl (C=O) groups excluding carboxylic acids is 2. The summed E-state index contributed by atoms with van der Waals surface area (Å²) >= 11 is 0. The highest BCUT2D eigenvalue weighted by molar-refractivity contribution is 5.90. The van der Waals surface area contributed by atoms with Crippen LogP contribution in [0.2, 0.25) is 0 Å². The molecule has 1 unspecified atom stereocenters. The van der Waals surface area contributed by atoms with E-state index >= 15 is 0 Å². The van der Waals surface area contributed by atoms with Crippen molar-refractivity contribution in [3.05, 3.63) is 63.9 Å². The standard InChI is InChI=1S/C29H32N2O7/c1-35-22-10-3-17(15-24(22)36-2)13-14-30-16-25(38-29(34)19-6-7-19)20-8-11-23(37-28(33)18-4-5-18)27-21(20)9-12-26(32)31-27/h3,8-12,15,18-19,25,30H,4-7,13-14,16H2,1-2H3,(H,31,32). The molecule has 0 amide bonds. The minimum atomic E-state index is -0.588.